The first-order chi connectivity index (χ1) is 14.1. The summed E-state index contributed by atoms with van der Waals surface area (Å²) in [4.78, 5) is 29.2. The molecular weight excluding hydrogens is 388 g/mol. The molecule has 6 nitrogen and oxygen atoms in total. The van der Waals surface area contributed by atoms with E-state index in [4.69, 9.17) is 14.5 Å². The molecule has 0 saturated heterocycles. The molecule has 0 aliphatic carbocycles. The molecule has 0 fully saturated rings. The van der Waals surface area contributed by atoms with E-state index in [9.17, 15) is 9.59 Å². The normalized spacial score (nSPS) is 15.9. The fraction of sp³-hybridized carbons (Fsp3) is 0.227. The van der Waals surface area contributed by atoms with Crippen LogP contribution in [-0.2, 0) is 19.1 Å². The highest BCUT2D eigenvalue weighted by Crippen LogP contribution is 2.36. The van der Waals surface area contributed by atoms with E-state index < -0.39 is 12.0 Å². The van der Waals surface area contributed by atoms with Crippen molar-refractivity contribution in [2.75, 3.05) is 19.5 Å². The van der Waals surface area contributed by atoms with Crippen LogP contribution in [0.25, 0.3) is 5.70 Å². The quantitative estimate of drug-likeness (QED) is 0.734. The minimum absolute atomic E-state index is 0.112. The number of benzene rings is 2. The van der Waals surface area contributed by atoms with E-state index in [-0.39, 0.29) is 18.3 Å². The highest BCUT2D eigenvalue weighted by molar-refractivity contribution is 8.14. The van der Waals surface area contributed by atoms with Crippen LogP contribution >= 0.6 is 11.8 Å². The highest BCUT2D eigenvalue weighted by atomic mass is 32.2. The number of carbonyl (C=O) groups excluding carboxylic acids is 2. The molecule has 2 aromatic rings. The lowest BCUT2D eigenvalue weighted by molar-refractivity contribution is -0.139. The molecular formula is C22H22N2O4S. The zero-order chi connectivity index (χ0) is 20.6. The maximum atomic E-state index is 12.9. The molecule has 2 aromatic carbocycles. The van der Waals surface area contributed by atoms with Crippen LogP contribution in [0, 0.1) is 0 Å². The van der Waals surface area contributed by atoms with Gasteiger partial charge in [-0.25, -0.2) is 9.79 Å². The average Bonchev–Trinajstić information content (AvgIpc) is 2.78. The minimum Gasteiger partial charge on any atom is -0.468 e. The van der Waals surface area contributed by atoms with Gasteiger partial charge in [-0.1, -0.05) is 72.4 Å². The SMILES string of the molecule is CCOC(=O)C1=C(c2ccccc2)NC(SCC(=O)OC)=N[C@@H]1c1ccccc1. The van der Waals surface area contributed by atoms with Gasteiger partial charge >= 0.3 is 11.9 Å². The summed E-state index contributed by atoms with van der Waals surface area (Å²) in [5.74, 6) is -0.661. The predicted molar refractivity (Wildman–Crippen MR) is 114 cm³/mol. The van der Waals surface area contributed by atoms with Crippen molar-refractivity contribution in [3.63, 3.8) is 0 Å². The van der Waals surface area contributed by atoms with E-state index in [1.165, 1.54) is 18.9 Å². The molecule has 7 heteroatoms. The number of ether oxygens (including phenoxy) is 2. The number of carbonyl (C=O) groups is 2. The van der Waals surface area contributed by atoms with Crippen LogP contribution in [0.2, 0.25) is 0 Å². The van der Waals surface area contributed by atoms with Gasteiger partial charge in [0.2, 0.25) is 0 Å². The van der Waals surface area contributed by atoms with Gasteiger partial charge in [-0.3, -0.25) is 4.79 Å². The Morgan fingerprint density at radius 1 is 1.07 bits per heavy atom. The second-order valence-electron chi connectivity index (χ2n) is 6.11. The summed E-state index contributed by atoms with van der Waals surface area (Å²) in [6.45, 7) is 2.04. The van der Waals surface area contributed by atoms with Gasteiger partial charge in [-0.2, -0.15) is 0 Å². The lowest BCUT2D eigenvalue weighted by Crippen LogP contribution is -2.31. The lowest BCUT2D eigenvalue weighted by atomic mass is 9.94. The third kappa shape index (κ3) is 5.06. The first-order valence-corrected chi connectivity index (χ1v) is 10.2. The van der Waals surface area contributed by atoms with Crippen LogP contribution < -0.4 is 5.32 Å². The van der Waals surface area contributed by atoms with Gasteiger partial charge in [0.1, 0.15) is 6.04 Å². The molecule has 0 bridgehead atoms. The van der Waals surface area contributed by atoms with Crippen LogP contribution in [0.4, 0.5) is 0 Å². The monoisotopic (exact) mass is 410 g/mol. The summed E-state index contributed by atoms with van der Waals surface area (Å²) in [6.07, 6.45) is 0. The van der Waals surface area contributed by atoms with Crippen LogP contribution in [0.15, 0.2) is 71.2 Å². The zero-order valence-electron chi connectivity index (χ0n) is 16.3. The number of hydrogen-bond donors (Lipinski definition) is 1. The first kappa shape index (κ1) is 20.7. The van der Waals surface area contributed by atoms with Crippen LogP contribution in [0.1, 0.15) is 24.1 Å². The van der Waals surface area contributed by atoms with Crippen molar-refractivity contribution < 1.29 is 19.1 Å². The molecule has 0 aromatic heterocycles. The Morgan fingerprint density at radius 2 is 1.72 bits per heavy atom. The number of nitrogens with one attached hydrogen (secondary N) is 1. The molecule has 150 valence electrons. The van der Waals surface area contributed by atoms with E-state index in [2.05, 4.69) is 5.32 Å². The fourth-order valence-corrected chi connectivity index (χ4v) is 3.64. The van der Waals surface area contributed by atoms with Crippen molar-refractivity contribution in [2.45, 2.75) is 13.0 Å². The van der Waals surface area contributed by atoms with Crippen molar-refractivity contribution in [3.8, 4) is 0 Å². The van der Waals surface area contributed by atoms with Gasteiger partial charge in [0.15, 0.2) is 5.17 Å². The average molecular weight is 410 g/mol. The standard InChI is InChI=1S/C22H22N2O4S/c1-3-28-21(26)18-19(15-10-6-4-7-11-15)23-22(29-14-17(25)27-2)24-20(18)16-12-8-5-9-13-16/h4-13,19H,3,14H2,1-2H3,(H,23,24)/t19-/m1/s1. The summed E-state index contributed by atoms with van der Waals surface area (Å²) < 4.78 is 10.1. The van der Waals surface area contributed by atoms with Crippen molar-refractivity contribution in [2.24, 2.45) is 4.99 Å². The van der Waals surface area contributed by atoms with Crippen molar-refractivity contribution in [1.82, 2.24) is 5.32 Å². The highest BCUT2D eigenvalue weighted by Gasteiger charge is 2.32. The Labute approximate surface area is 174 Å². The molecule has 0 unspecified atom stereocenters. The Kier molecular flexibility index (Phi) is 7.08. The predicted octanol–water partition coefficient (Wildman–Crippen LogP) is 3.57. The molecule has 1 aliphatic heterocycles. The van der Waals surface area contributed by atoms with Gasteiger partial charge < -0.3 is 14.8 Å². The smallest absolute Gasteiger partial charge is 0.338 e. The van der Waals surface area contributed by atoms with Gasteiger partial charge in [0, 0.05) is 0 Å². The molecule has 0 saturated carbocycles. The number of nitrogens with zero attached hydrogens (tertiary/aromatic N) is 1. The van der Waals surface area contributed by atoms with Gasteiger partial charge in [-0.05, 0) is 18.1 Å². The molecule has 1 aliphatic rings. The van der Waals surface area contributed by atoms with E-state index >= 15 is 0 Å². The Bertz CT molecular complexity index is 926. The Hall–Kier alpha value is -3.06. The number of esters is 2. The number of hydrogen-bond acceptors (Lipinski definition) is 7. The molecule has 1 atom stereocenters. The van der Waals surface area contributed by atoms with Gasteiger partial charge in [0.25, 0.3) is 0 Å². The van der Waals surface area contributed by atoms with Gasteiger partial charge in [0.05, 0.1) is 30.7 Å². The maximum absolute atomic E-state index is 12.9. The lowest BCUT2D eigenvalue weighted by Gasteiger charge is -2.27. The largest absolute Gasteiger partial charge is 0.468 e. The number of thioether (sulfide) groups is 1. The third-order valence-corrected chi connectivity index (χ3v) is 5.11. The van der Waals surface area contributed by atoms with Crippen molar-refractivity contribution >= 4 is 34.6 Å². The Balaban J connectivity index is 2.09. The summed E-state index contributed by atoms with van der Waals surface area (Å²) in [7, 11) is 1.35. The van der Waals surface area contributed by atoms with Crippen LogP contribution in [0.5, 0.6) is 0 Å². The van der Waals surface area contributed by atoms with Crippen molar-refractivity contribution in [1.29, 1.82) is 0 Å². The third-order valence-electron chi connectivity index (χ3n) is 4.25. The topological polar surface area (TPSA) is 77.0 Å². The molecule has 0 spiro atoms. The number of rotatable bonds is 6. The minimum atomic E-state index is -0.549. The number of methoxy groups -OCH3 is 1. The second kappa shape index (κ2) is 9.93. The molecule has 3 rings (SSSR count). The maximum Gasteiger partial charge on any atom is 0.338 e. The molecule has 0 radical (unpaired) electrons. The summed E-state index contributed by atoms with van der Waals surface area (Å²) in [6, 6.07) is 18.5. The zero-order valence-corrected chi connectivity index (χ0v) is 17.1. The fourth-order valence-electron chi connectivity index (χ4n) is 2.92. The Morgan fingerprint density at radius 3 is 2.34 bits per heavy atom. The van der Waals surface area contributed by atoms with Crippen LogP contribution in [-0.4, -0.2) is 36.6 Å². The molecule has 1 heterocycles. The van der Waals surface area contributed by atoms with E-state index in [0.29, 0.717) is 16.4 Å². The van der Waals surface area contributed by atoms with E-state index in [1.807, 2.05) is 60.7 Å². The number of amidine groups is 1. The summed E-state index contributed by atoms with van der Waals surface area (Å²) in [5.41, 5.74) is 2.76. The summed E-state index contributed by atoms with van der Waals surface area (Å²) in [5, 5.41) is 3.76. The molecule has 29 heavy (non-hydrogen) atoms. The van der Waals surface area contributed by atoms with E-state index in [0.717, 1.165) is 11.1 Å². The van der Waals surface area contributed by atoms with Crippen molar-refractivity contribution in [3.05, 3.63) is 77.4 Å². The molecule has 1 N–H and O–H groups in total. The summed E-state index contributed by atoms with van der Waals surface area (Å²) >= 11 is 1.23. The van der Waals surface area contributed by atoms with Crippen LogP contribution in [0.3, 0.4) is 0 Å². The second-order valence-corrected chi connectivity index (χ2v) is 7.08. The molecule has 0 amide bonds. The first-order valence-electron chi connectivity index (χ1n) is 9.20. The van der Waals surface area contributed by atoms with Gasteiger partial charge in [-0.15, -0.1) is 0 Å². The van der Waals surface area contributed by atoms with E-state index in [1.54, 1.807) is 6.92 Å². The number of aliphatic imine (C=N–C) groups is 1.